The van der Waals surface area contributed by atoms with Crippen molar-refractivity contribution in [2.75, 3.05) is 51.9 Å². The second-order valence-corrected chi connectivity index (χ2v) is 6.55. The standard InChI is InChI=1S/C19H26N4O4/c1-13-12-23(7-6-22(13)8-9-27-19(20)24)16-4-5-21-15-11-18(26-3)17(25-2)10-14(15)16/h4-5,10-11,13H,6-9,12H2,1-3H3,(H2,20,24)/t13-/m1/s1. The summed E-state index contributed by atoms with van der Waals surface area (Å²) in [5.41, 5.74) is 7.02. The monoisotopic (exact) mass is 374 g/mol. The summed E-state index contributed by atoms with van der Waals surface area (Å²) in [6, 6.07) is 6.23. The molecule has 1 saturated heterocycles. The summed E-state index contributed by atoms with van der Waals surface area (Å²) in [5, 5.41) is 1.04. The molecule has 27 heavy (non-hydrogen) atoms. The van der Waals surface area contributed by atoms with Crippen molar-refractivity contribution < 1.29 is 19.0 Å². The van der Waals surface area contributed by atoms with Crippen LogP contribution in [0.15, 0.2) is 24.4 Å². The van der Waals surface area contributed by atoms with Crippen LogP contribution in [0.25, 0.3) is 10.9 Å². The van der Waals surface area contributed by atoms with Gasteiger partial charge in [0.15, 0.2) is 11.5 Å². The van der Waals surface area contributed by atoms with Crippen molar-refractivity contribution >= 4 is 22.7 Å². The van der Waals surface area contributed by atoms with Gasteiger partial charge in [-0.15, -0.1) is 0 Å². The molecule has 2 N–H and O–H groups in total. The lowest BCUT2D eigenvalue weighted by atomic mass is 10.1. The Balaban J connectivity index is 1.79. The second-order valence-electron chi connectivity index (χ2n) is 6.55. The molecule has 8 heteroatoms. The first-order valence-electron chi connectivity index (χ1n) is 8.95. The van der Waals surface area contributed by atoms with E-state index in [-0.39, 0.29) is 0 Å². The highest BCUT2D eigenvalue weighted by atomic mass is 16.5. The van der Waals surface area contributed by atoms with E-state index in [0.717, 1.165) is 36.2 Å². The smallest absolute Gasteiger partial charge is 0.404 e. The Morgan fingerprint density at radius 3 is 2.67 bits per heavy atom. The fraction of sp³-hybridized carbons (Fsp3) is 0.474. The maximum Gasteiger partial charge on any atom is 0.404 e. The highest BCUT2D eigenvalue weighted by Gasteiger charge is 2.25. The number of hydrogen-bond donors (Lipinski definition) is 1. The zero-order valence-corrected chi connectivity index (χ0v) is 16.0. The van der Waals surface area contributed by atoms with Crippen LogP contribution in [0.1, 0.15) is 6.92 Å². The molecule has 2 aromatic rings. The molecule has 1 aliphatic rings. The van der Waals surface area contributed by atoms with Gasteiger partial charge in [0.2, 0.25) is 0 Å². The van der Waals surface area contributed by atoms with Crippen molar-refractivity contribution in [3.05, 3.63) is 24.4 Å². The Morgan fingerprint density at radius 1 is 1.26 bits per heavy atom. The lowest BCUT2D eigenvalue weighted by molar-refractivity contribution is 0.116. The van der Waals surface area contributed by atoms with Crippen molar-refractivity contribution in [3.8, 4) is 11.5 Å². The van der Waals surface area contributed by atoms with E-state index in [9.17, 15) is 4.79 Å². The van der Waals surface area contributed by atoms with Crippen molar-refractivity contribution in [1.82, 2.24) is 9.88 Å². The minimum atomic E-state index is -0.728. The molecule has 0 bridgehead atoms. The summed E-state index contributed by atoms with van der Waals surface area (Å²) in [6.45, 7) is 5.77. The van der Waals surface area contributed by atoms with Crippen molar-refractivity contribution in [1.29, 1.82) is 0 Å². The molecule has 1 fully saturated rings. The summed E-state index contributed by atoms with van der Waals surface area (Å²) in [7, 11) is 3.26. The number of benzene rings is 1. The number of nitrogens with two attached hydrogens (primary N) is 1. The Bertz CT molecular complexity index is 814. The van der Waals surface area contributed by atoms with Gasteiger partial charge in [-0.25, -0.2) is 4.79 Å². The number of hydrogen-bond acceptors (Lipinski definition) is 7. The maximum absolute atomic E-state index is 10.7. The van der Waals surface area contributed by atoms with E-state index >= 15 is 0 Å². The minimum absolute atomic E-state index is 0.314. The fourth-order valence-corrected chi connectivity index (χ4v) is 3.54. The number of carbonyl (C=O) groups excluding carboxylic acids is 1. The molecule has 0 aliphatic carbocycles. The van der Waals surface area contributed by atoms with E-state index in [4.69, 9.17) is 19.9 Å². The van der Waals surface area contributed by atoms with Crippen LogP contribution < -0.4 is 20.1 Å². The number of aromatic nitrogens is 1. The molecule has 0 spiro atoms. The van der Waals surface area contributed by atoms with Crippen LogP contribution in [-0.2, 0) is 4.74 Å². The number of methoxy groups -OCH3 is 2. The molecular formula is C19H26N4O4. The summed E-state index contributed by atoms with van der Waals surface area (Å²) in [5.74, 6) is 1.36. The molecule has 1 aromatic heterocycles. The van der Waals surface area contributed by atoms with E-state index in [1.807, 2.05) is 24.4 Å². The van der Waals surface area contributed by atoms with Crippen LogP contribution in [0.3, 0.4) is 0 Å². The predicted octanol–water partition coefficient (Wildman–Crippen LogP) is 1.86. The number of nitrogens with zero attached hydrogens (tertiary/aromatic N) is 3. The van der Waals surface area contributed by atoms with Crippen molar-refractivity contribution in [3.63, 3.8) is 0 Å². The molecule has 1 amide bonds. The molecule has 2 heterocycles. The van der Waals surface area contributed by atoms with Crippen LogP contribution in [0.2, 0.25) is 0 Å². The third kappa shape index (κ3) is 4.16. The minimum Gasteiger partial charge on any atom is -0.493 e. The fourth-order valence-electron chi connectivity index (χ4n) is 3.54. The third-order valence-electron chi connectivity index (χ3n) is 4.95. The van der Waals surface area contributed by atoms with Crippen LogP contribution in [0, 0.1) is 0 Å². The number of pyridine rings is 1. The van der Waals surface area contributed by atoms with Gasteiger partial charge in [0.05, 0.1) is 19.7 Å². The number of rotatable bonds is 6. The van der Waals surface area contributed by atoms with Crippen LogP contribution >= 0.6 is 0 Å². The van der Waals surface area contributed by atoms with E-state index in [1.165, 1.54) is 0 Å². The van der Waals surface area contributed by atoms with Crippen molar-refractivity contribution in [2.45, 2.75) is 13.0 Å². The number of fused-ring (bicyclic) bond motifs is 1. The molecule has 1 aromatic carbocycles. The van der Waals surface area contributed by atoms with Crippen molar-refractivity contribution in [2.24, 2.45) is 5.73 Å². The zero-order chi connectivity index (χ0) is 19.4. The normalized spacial score (nSPS) is 17.7. The van der Waals surface area contributed by atoms with Gasteiger partial charge >= 0.3 is 6.09 Å². The molecule has 0 unspecified atom stereocenters. The molecular weight excluding hydrogens is 348 g/mol. The number of ether oxygens (including phenoxy) is 3. The average molecular weight is 374 g/mol. The second kappa shape index (κ2) is 8.30. The van der Waals surface area contributed by atoms with Gasteiger partial charge in [0.25, 0.3) is 0 Å². The Hall–Kier alpha value is -2.74. The third-order valence-corrected chi connectivity index (χ3v) is 4.95. The molecule has 1 atom stereocenters. The maximum atomic E-state index is 10.7. The number of amides is 1. The molecule has 0 saturated carbocycles. The molecule has 0 radical (unpaired) electrons. The first-order chi connectivity index (χ1) is 13.0. The van der Waals surface area contributed by atoms with Gasteiger partial charge in [-0.3, -0.25) is 9.88 Å². The van der Waals surface area contributed by atoms with E-state index < -0.39 is 6.09 Å². The van der Waals surface area contributed by atoms with Gasteiger partial charge in [-0.05, 0) is 19.1 Å². The zero-order valence-electron chi connectivity index (χ0n) is 16.0. The number of piperazine rings is 1. The first kappa shape index (κ1) is 19.0. The Morgan fingerprint density at radius 2 is 2.00 bits per heavy atom. The first-order valence-corrected chi connectivity index (χ1v) is 8.95. The summed E-state index contributed by atoms with van der Waals surface area (Å²) < 4.78 is 15.7. The van der Waals surface area contributed by atoms with E-state index in [1.54, 1.807) is 14.2 Å². The number of primary amides is 1. The van der Waals surface area contributed by atoms with Gasteiger partial charge in [0.1, 0.15) is 6.61 Å². The topological polar surface area (TPSA) is 90.1 Å². The Kier molecular flexibility index (Phi) is 5.85. The molecule has 8 nitrogen and oxygen atoms in total. The van der Waals surface area contributed by atoms with E-state index in [2.05, 4.69) is 21.7 Å². The lowest BCUT2D eigenvalue weighted by Crippen LogP contribution is -2.52. The highest BCUT2D eigenvalue weighted by molar-refractivity contribution is 5.94. The molecule has 146 valence electrons. The quantitative estimate of drug-likeness (QED) is 0.825. The van der Waals surface area contributed by atoms with Gasteiger partial charge in [-0.2, -0.15) is 0 Å². The SMILES string of the molecule is COc1cc2nccc(N3CCN(CCOC(N)=O)[C@H](C)C3)c2cc1OC. The predicted molar refractivity (Wildman–Crippen MR) is 104 cm³/mol. The van der Waals surface area contributed by atoms with Crippen LogP contribution in [0.4, 0.5) is 10.5 Å². The largest absolute Gasteiger partial charge is 0.493 e. The summed E-state index contributed by atoms with van der Waals surface area (Å²) in [4.78, 5) is 19.9. The lowest BCUT2D eigenvalue weighted by Gasteiger charge is -2.41. The molecule has 1 aliphatic heterocycles. The average Bonchev–Trinajstić information content (AvgIpc) is 2.67. The van der Waals surface area contributed by atoms with Crippen LogP contribution in [-0.4, -0.2) is 69.0 Å². The highest BCUT2D eigenvalue weighted by Crippen LogP contribution is 2.36. The van der Waals surface area contributed by atoms with Gasteiger partial charge in [0, 0.05) is 55.6 Å². The van der Waals surface area contributed by atoms with Crippen LogP contribution in [0.5, 0.6) is 11.5 Å². The number of anilines is 1. The van der Waals surface area contributed by atoms with E-state index in [0.29, 0.717) is 30.7 Å². The van der Waals surface area contributed by atoms with Gasteiger partial charge < -0.3 is 24.8 Å². The Labute approximate surface area is 158 Å². The number of carbonyl (C=O) groups is 1. The summed E-state index contributed by atoms with van der Waals surface area (Å²) >= 11 is 0. The summed E-state index contributed by atoms with van der Waals surface area (Å²) in [6.07, 6.45) is 1.09. The molecule has 3 rings (SSSR count). The van der Waals surface area contributed by atoms with Gasteiger partial charge in [-0.1, -0.05) is 0 Å².